The number of likely N-dealkylation sites (N-methyl/N-ethyl adjacent to an activating group) is 1. The Bertz CT molecular complexity index is 2490. The van der Waals surface area contributed by atoms with Crippen molar-refractivity contribution in [2.45, 2.75) is 82.5 Å². The number of likely N-dealkylation sites (tertiary alicyclic amines) is 2. The van der Waals surface area contributed by atoms with E-state index >= 15 is 0 Å². The summed E-state index contributed by atoms with van der Waals surface area (Å²) >= 11 is 0. The topological polar surface area (TPSA) is 132 Å². The molecule has 11 nitrogen and oxygen atoms in total. The van der Waals surface area contributed by atoms with E-state index in [1.54, 1.807) is 18.7 Å². The molecule has 2 fully saturated rings. The highest BCUT2D eigenvalue weighted by Crippen LogP contribution is 2.36. The van der Waals surface area contributed by atoms with Crippen molar-refractivity contribution in [3.63, 3.8) is 0 Å². The van der Waals surface area contributed by atoms with E-state index in [-0.39, 0.29) is 48.6 Å². The van der Waals surface area contributed by atoms with Gasteiger partial charge in [-0.25, -0.2) is 4.98 Å². The number of esters is 1. The molecular weight excluding hydrogens is 765 g/mol. The lowest BCUT2D eigenvalue weighted by atomic mass is 9.93. The predicted octanol–water partition coefficient (Wildman–Crippen LogP) is 8.42. The molecule has 4 heterocycles. The fraction of sp³-hybridized carbons (Fsp3) is 0.340. The van der Waals surface area contributed by atoms with E-state index in [0.717, 1.165) is 75.2 Å². The fourth-order valence-corrected chi connectivity index (χ4v) is 9.09. The average Bonchev–Trinajstić information content (AvgIpc) is 4.10. The number of aromatic nitrogens is 3. The number of Topliss-reactive ketones (excluding diaryl/α,β-unsaturated/α-hetero) is 1. The molecule has 0 unspecified atom stereocenters. The molecule has 2 N–H and O–H groups in total. The van der Waals surface area contributed by atoms with Crippen LogP contribution < -0.4 is 0 Å². The van der Waals surface area contributed by atoms with E-state index in [1.807, 2.05) is 109 Å². The van der Waals surface area contributed by atoms with Crippen LogP contribution in [0.1, 0.15) is 86.5 Å². The molecule has 2 saturated heterocycles. The number of hydrogen-bond donors (Lipinski definition) is 2. The molecule has 2 amide bonds. The number of aromatic amines is 2. The molecule has 314 valence electrons. The summed E-state index contributed by atoms with van der Waals surface area (Å²) in [7, 11) is 3.89. The zero-order chi connectivity index (χ0) is 42.6. The smallest absolute Gasteiger partial charge is 0.307 e. The number of imidazole rings is 1. The molecule has 0 bridgehead atoms. The van der Waals surface area contributed by atoms with E-state index in [2.05, 4.69) is 40.3 Å². The third kappa shape index (κ3) is 9.07. The van der Waals surface area contributed by atoms with Gasteiger partial charge >= 0.3 is 5.97 Å². The minimum Gasteiger partial charge on any atom is -0.463 e. The Morgan fingerprint density at radius 1 is 0.754 bits per heavy atom. The summed E-state index contributed by atoms with van der Waals surface area (Å²) in [5, 5.41) is 0.995. The Kier molecular flexibility index (Phi) is 12.3. The van der Waals surface area contributed by atoms with E-state index in [4.69, 9.17) is 9.72 Å². The van der Waals surface area contributed by atoms with Crippen LogP contribution in [0.15, 0.2) is 115 Å². The van der Waals surface area contributed by atoms with Crippen molar-refractivity contribution >= 4 is 34.5 Å². The molecule has 4 atom stereocenters. The molecule has 0 radical (unpaired) electrons. The summed E-state index contributed by atoms with van der Waals surface area (Å²) in [6.07, 6.45) is 4.80. The second kappa shape index (κ2) is 18.1. The maximum absolute atomic E-state index is 14.1. The van der Waals surface area contributed by atoms with Crippen molar-refractivity contribution in [1.29, 1.82) is 0 Å². The zero-order valence-corrected chi connectivity index (χ0v) is 35.3. The van der Waals surface area contributed by atoms with Crippen LogP contribution in [0.2, 0.25) is 0 Å². The fourth-order valence-electron chi connectivity index (χ4n) is 9.09. The molecule has 0 spiro atoms. The molecule has 2 aliphatic heterocycles. The lowest BCUT2D eigenvalue weighted by Gasteiger charge is -2.31. The maximum Gasteiger partial charge on any atom is 0.307 e. The molecule has 2 aromatic heterocycles. The summed E-state index contributed by atoms with van der Waals surface area (Å²) in [4.78, 5) is 72.1. The summed E-state index contributed by atoms with van der Waals surface area (Å²) in [6, 6.07) is 34.6. The molecule has 6 aromatic rings. The quantitative estimate of drug-likeness (QED) is 0.106. The minimum atomic E-state index is -0.719. The number of benzene rings is 4. The van der Waals surface area contributed by atoms with Gasteiger partial charge < -0.3 is 24.5 Å². The average molecular weight is 819 g/mol. The molecule has 0 aliphatic carbocycles. The van der Waals surface area contributed by atoms with Gasteiger partial charge in [-0.2, -0.15) is 0 Å². The monoisotopic (exact) mass is 818 g/mol. The predicted molar refractivity (Wildman–Crippen MR) is 236 cm³/mol. The van der Waals surface area contributed by atoms with Gasteiger partial charge in [0.15, 0.2) is 5.78 Å². The first-order valence-corrected chi connectivity index (χ1v) is 21.4. The Hall–Kier alpha value is -6.33. The van der Waals surface area contributed by atoms with Gasteiger partial charge in [0.2, 0.25) is 11.8 Å². The number of hydrogen-bond acceptors (Lipinski definition) is 7. The Labute approximate surface area is 357 Å². The Morgan fingerprint density at radius 3 is 2.10 bits per heavy atom. The third-order valence-electron chi connectivity index (χ3n) is 12.0. The minimum absolute atomic E-state index is 0.00716. The van der Waals surface area contributed by atoms with Crippen molar-refractivity contribution in [2.75, 3.05) is 27.2 Å². The molecule has 2 aliphatic rings. The van der Waals surface area contributed by atoms with E-state index in [9.17, 15) is 19.2 Å². The third-order valence-corrected chi connectivity index (χ3v) is 12.0. The number of ketones is 1. The lowest BCUT2D eigenvalue weighted by Crippen LogP contribution is -2.44. The summed E-state index contributed by atoms with van der Waals surface area (Å²) in [5.41, 5.74) is 7.43. The largest absolute Gasteiger partial charge is 0.463 e. The first kappa shape index (κ1) is 41.4. The number of amides is 2. The maximum atomic E-state index is 14.1. The molecular formula is C50H54N6O5. The van der Waals surface area contributed by atoms with Gasteiger partial charge in [0.25, 0.3) is 0 Å². The van der Waals surface area contributed by atoms with Gasteiger partial charge in [-0.05, 0) is 99.6 Å². The van der Waals surface area contributed by atoms with Crippen molar-refractivity contribution in [2.24, 2.45) is 0 Å². The van der Waals surface area contributed by atoms with Crippen LogP contribution in [0.5, 0.6) is 0 Å². The standard InChI is InChI=1S/C50H54N6O5/c1-32(2)61-46(58)30-39(34-13-7-5-8-14-34)49(59)55-25-11-17-43(55)45(57)28-33-19-24-40-38(27-33)29-41(52-40)35-20-22-36(23-21-35)42-31-51-48(53-42)44-18-12-26-56(44)50(60)47(54(3)4)37-15-9-6-10-16-37/h5-10,13-16,19-24,27,29,31-32,39,43-44,47,52H,11-12,17-18,25-26,28,30H2,1-4H3,(H,51,53)/t39-,43+,44+,47-/m1/s1. The van der Waals surface area contributed by atoms with Crippen LogP contribution in [0.3, 0.4) is 0 Å². The highest BCUT2D eigenvalue weighted by Gasteiger charge is 2.39. The van der Waals surface area contributed by atoms with Crippen molar-refractivity contribution < 1.29 is 23.9 Å². The zero-order valence-electron chi connectivity index (χ0n) is 35.3. The molecule has 61 heavy (non-hydrogen) atoms. The van der Waals surface area contributed by atoms with Crippen LogP contribution in [0, 0.1) is 0 Å². The van der Waals surface area contributed by atoms with Crippen LogP contribution in [0.25, 0.3) is 33.4 Å². The van der Waals surface area contributed by atoms with E-state index < -0.39 is 17.9 Å². The summed E-state index contributed by atoms with van der Waals surface area (Å²) in [6.45, 7) is 4.75. The number of rotatable bonds is 14. The van der Waals surface area contributed by atoms with Gasteiger partial charge in [0, 0.05) is 36.1 Å². The Balaban J connectivity index is 0.929. The normalized spacial score (nSPS) is 17.6. The molecule has 11 heteroatoms. The first-order chi connectivity index (χ1) is 29.5. The second-order valence-electron chi connectivity index (χ2n) is 16.9. The lowest BCUT2D eigenvalue weighted by molar-refractivity contribution is -0.150. The van der Waals surface area contributed by atoms with E-state index in [1.165, 1.54) is 0 Å². The number of H-pyrrole nitrogens is 2. The van der Waals surface area contributed by atoms with Crippen LogP contribution in [-0.2, 0) is 30.3 Å². The first-order valence-electron chi connectivity index (χ1n) is 21.4. The van der Waals surface area contributed by atoms with Gasteiger partial charge in [-0.15, -0.1) is 0 Å². The highest BCUT2D eigenvalue weighted by atomic mass is 16.5. The highest BCUT2D eigenvalue weighted by molar-refractivity contribution is 5.95. The van der Waals surface area contributed by atoms with Crippen molar-refractivity contribution in [1.82, 2.24) is 29.7 Å². The second-order valence-corrected chi connectivity index (χ2v) is 16.9. The van der Waals surface area contributed by atoms with Gasteiger partial charge in [-0.1, -0.05) is 91.0 Å². The van der Waals surface area contributed by atoms with E-state index in [0.29, 0.717) is 19.5 Å². The molecule has 4 aromatic carbocycles. The SMILES string of the molecule is CC(C)OC(=O)C[C@@H](C(=O)N1CCC[C@H]1C(=O)Cc1ccc2[nH]c(-c3ccc(-c4cnc([C@@H]5CCCN5C(=O)[C@@H](c5ccccc5)N(C)C)[nH]4)cc3)cc2c1)c1ccccc1. The van der Waals surface area contributed by atoms with Crippen molar-refractivity contribution in [3.8, 4) is 22.5 Å². The van der Waals surface area contributed by atoms with Crippen LogP contribution in [0.4, 0.5) is 0 Å². The van der Waals surface area contributed by atoms with Gasteiger partial charge in [0.05, 0.1) is 42.4 Å². The van der Waals surface area contributed by atoms with Crippen molar-refractivity contribution in [3.05, 3.63) is 138 Å². The number of fused-ring (bicyclic) bond motifs is 1. The van der Waals surface area contributed by atoms with Crippen LogP contribution >= 0.6 is 0 Å². The summed E-state index contributed by atoms with van der Waals surface area (Å²) in [5.74, 6) is -0.484. The number of nitrogens with zero attached hydrogens (tertiary/aromatic N) is 4. The van der Waals surface area contributed by atoms with Gasteiger partial charge in [0.1, 0.15) is 11.9 Å². The Morgan fingerprint density at radius 2 is 1.41 bits per heavy atom. The van der Waals surface area contributed by atoms with Gasteiger partial charge in [-0.3, -0.25) is 24.1 Å². The number of carbonyl (C=O) groups excluding carboxylic acids is 4. The number of ether oxygens (including phenoxy) is 1. The van der Waals surface area contributed by atoms with Crippen LogP contribution in [-0.4, -0.2) is 92.5 Å². The number of carbonyl (C=O) groups is 4. The summed E-state index contributed by atoms with van der Waals surface area (Å²) < 4.78 is 5.41. The number of nitrogens with one attached hydrogen (secondary N) is 2. The molecule has 8 rings (SSSR count). The molecule has 0 saturated carbocycles.